The number of esters is 1. The van der Waals surface area contributed by atoms with Gasteiger partial charge in [-0.15, -0.1) is 13.2 Å². The van der Waals surface area contributed by atoms with E-state index in [9.17, 15) is 28.1 Å². The van der Waals surface area contributed by atoms with Crippen LogP contribution in [0.15, 0.2) is 78.7 Å². The van der Waals surface area contributed by atoms with Crippen LogP contribution in [0.3, 0.4) is 0 Å². The topological polar surface area (TPSA) is 127 Å². The van der Waals surface area contributed by atoms with E-state index >= 15 is 0 Å². The largest absolute Gasteiger partial charge is 0.459 e. The van der Waals surface area contributed by atoms with Gasteiger partial charge in [0.05, 0.1) is 16.2 Å². The molecular weight excluding hydrogens is 486 g/mol. The second-order valence-corrected chi connectivity index (χ2v) is 10.1. The number of hydrogen-bond acceptors (Lipinski definition) is 7. The summed E-state index contributed by atoms with van der Waals surface area (Å²) in [5, 5.41) is 10.8. The zero-order valence-electron chi connectivity index (χ0n) is 19.8. The Labute approximate surface area is 209 Å². The van der Waals surface area contributed by atoms with Gasteiger partial charge in [0.15, 0.2) is 0 Å². The van der Waals surface area contributed by atoms with Crippen LogP contribution in [0.1, 0.15) is 24.0 Å². The average Bonchev–Trinajstić information content (AvgIpc) is 2.84. The van der Waals surface area contributed by atoms with Crippen molar-refractivity contribution in [2.45, 2.75) is 43.5 Å². The van der Waals surface area contributed by atoms with Crippen LogP contribution in [-0.4, -0.2) is 53.2 Å². The molecule has 2 aromatic carbocycles. The highest BCUT2D eigenvalue weighted by Gasteiger charge is 2.49. The van der Waals surface area contributed by atoms with Crippen LogP contribution in [0, 0.1) is 17.0 Å². The number of benzene rings is 2. The maximum atomic E-state index is 13.4. The van der Waals surface area contributed by atoms with E-state index in [1.54, 1.807) is 12.1 Å². The summed E-state index contributed by atoms with van der Waals surface area (Å²) in [6.45, 7) is 8.89. The molecule has 0 aliphatic carbocycles. The van der Waals surface area contributed by atoms with Crippen LogP contribution in [0.2, 0.25) is 0 Å². The number of non-ortho nitro benzene ring substituents is 1. The van der Waals surface area contributed by atoms with Crippen molar-refractivity contribution in [3.63, 3.8) is 0 Å². The maximum absolute atomic E-state index is 13.4. The minimum Gasteiger partial charge on any atom is -0.459 e. The Morgan fingerprint density at radius 1 is 1.19 bits per heavy atom. The fraction of sp³-hybridized carbons (Fsp3) is 0.280. The number of β-lactam (4-membered cyclic amide) rings is 1. The molecule has 0 N–H and O–H groups in total. The number of nitrogens with zero attached hydrogens (tertiary/aromatic N) is 3. The summed E-state index contributed by atoms with van der Waals surface area (Å²) in [5.41, 5.74) is 1.32. The SMILES string of the molecule is C=CCC(C(=O)OCc1ccc([N+](=O)[O-])cc1)N1C(=O)CC1N(CC=C)S(=O)(=O)c1ccc(C)cc1. The molecule has 10 nitrogen and oxygen atoms in total. The molecule has 190 valence electrons. The third-order valence-corrected chi connectivity index (χ3v) is 7.64. The van der Waals surface area contributed by atoms with E-state index in [1.165, 1.54) is 53.5 Å². The average molecular weight is 514 g/mol. The van der Waals surface area contributed by atoms with E-state index in [1.807, 2.05) is 6.92 Å². The van der Waals surface area contributed by atoms with Crippen molar-refractivity contribution in [2.24, 2.45) is 0 Å². The molecule has 1 saturated heterocycles. The van der Waals surface area contributed by atoms with Gasteiger partial charge in [0.2, 0.25) is 15.9 Å². The summed E-state index contributed by atoms with van der Waals surface area (Å²) >= 11 is 0. The van der Waals surface area contributed by atoms with Crippen molar-refractivity contribution < 1.29 is 27.7 Å². The number of nitro benzene ring substituents is 1. The number of nitro groups is 1. The minimum absolute atomic E-state index is 0.0494. The number of hydrogen-bond donors (Lipinski definition) is 0. The number of likely N-dealkylation sites (tertiary alicyclic amines) is 1. The zero-order valence-corrected chi connectivity index (χ0v) is 20.6. The number of amides is 1. The van der Waals surface area contributed by atoms with Crippen molar-refractivity contribution in [1.82, 2.24) is 9.21 Å². The first-order valence-electron chi connectivity index (χ1n) is 11.1. The Balaban J connectivity index is 1.81. The normalized spacial score (nSPS) is 16.2. The lowest BCUT2D eigenvalue weighted by Crippen LogP contribution is -2.66. The quantitative estimate of drug-likeness (QED) is 0.140. The fourth-order valence-electron chi connectivity index (χ4n) is 3.83. The molecule has 2 aromatic rings. The molecule has 1 aliphatic heterocycles. The van der Waals surface area contributed by atoms with Crippen molar-refractivity contribution >= 4 is 27.6 Å². The smallest absolute Gasteiger partial charge is 0.329 e. The summed E-state index contributed by atoms with van der Waals surface area (Å²) in [7, 11) is -4.00. The molecule has 1 amide bonds. The lowest BCUT2D eigenvalue weighted by atomic mass is 10.0. The molecule has 0 saturated carbocycles. The molecule has 3 rings (SSSR count). The van der Waals surface area contributed by atoms with Gasteiger partial charge in [-0.1, -0.05) is 29.8 Å². The number of sulfonamides is 1. The summed E-state index contributed by atoms with van der Waals surface area (Å²) in [6, 6.07) is 10.8. The predicted octanol–water partition coefficient (Wildman–Crippen LogP) is 3.33. The van der Waals surface area contributed by atoms with E-state index in [2.05, 4.69) is 13.2 Å². The number of carbonyl (C=O) groups excluding carboxylic acids is 2. The molecule has 2 atom stereocenters. The Morgan fingerprint density at radius 3 is 2.36 bits per heavy atom. The molecule has 0 spiro atoms. The zero-order chi connectivity index (χ0) is 26.5. The first-order chi connectivity index (χ1) is 17.1. The molecule has 1 aliphatic rings. The minimum atomic E-state index is -4.00. The first-order valence-corrected chi connectivity index (χ1v) is 12.6. The van der Waals surface area contributed by atoms with Gasteiger partial charge in [-0.3, -0.25) is 14.9 Å². The van der Waals surface area contributed by atoms with Gasteiger partial charge in [-0.25, -0.2) is 13.2 Å². The van der Waals surface area contributed by atoms with Gasteiger partial charge in [0.1, 0.15) is 18.8 Å². The van der Waals surface area contributed by atoms with Crippen LogP contribution in [0.4, 0.5) is 5.69 Å². The molecule has 1 heterocycles. The van der Waals surface area contributed by atoms with Crippen molar-refractivity contribution in [1.29, 1.82) is 0 Å². The molecule has 0 radical (unpaired) electrons. The van der Waals surface area contributed by atoms with Crippen molar-refractivity contribution in [3.05, 3.63) is 95.1 Å². The summed E-state index contributed by atoms with van der Waals surface area (Å²) < 4.78 is 33.4. The van der Waals surface area contributed by atoms with Gasteiger partial charge in [-0.2, -0.15) is 4.31 Å². The molecule has 0 bridgehead atoms. The van der Waals surface area contributed by atoms with E-state index < -0.39 is 39.0 Å². The van der Waals surface area contributed by atoms with Crippen molar-refractivity contribution in [3.8, 4) is 0 Å². The molecule has 2 unspecified atom stereocenters. The summed E-state index contributed by atoms with van der Waals surface area (Å²) in [6.07, 6.45) is 1.92. The van der Waals surface area contributed by atoms with Gasteiger partial charge >= 0.3 is 5.97 Å². The van der Waals surface area contributed by atoms with Crippen LogP contribution in [0.25, 0.3) is 0 Å². The number of carbonyl (C=O) groups is 2. The second kappa shape index (κ2) is 11.3. The summed E-state index contributed by atoms with van der Waals surface area (Å²) in [4.78, 5) is 37.2. The lowest BCUT2D eigenvalue weighted by molar-refractivity contribution is -0.384. The van der Waals surface area contributed by atoms with Gasteiger partial charge in [0.25, 0.3) is 5.69 Å². The Hall–Kier alpha value is -3.83. The molecule has 11 heteroatoms. The van der Waals surface area contributed by atoms with E-state index in [-0.39, 0.29) is 36.6 Å². The van der Waals surface area contributed by atoms with E-state index in [4.69, 9.17) is 4.74 Å². The fourth-order valence-corrected chi connectivity index (χ4v) is 5.38. The maximum Gasteiger partial charge on any atom is 0.329 e. The Bertz CT molecular complexity index is 1260. The van der Waals surface area contributed by atoms with Gasteiger partial charge < -0.3 is 9.64 Å². The molecular formula is C25H27N3O7S. The summed E-state index contributed by atoms with van der Waals surface area (Å²) in [5.74, 6) is -1.13. The molecule has 0 aromatic heterocycles. The molecule has 1 fully saturated rings. The Morgan fingerprint density at radius 2 is 1.83 bits per heavy atom. The number of aryl methyl sites for hydroxylation is 1. The highest BCUT2D eigenvalue weighted by molar-refractivity contribution is 7.89. The standard InChI is InChI=1S/C25H27N3O7S/c1-4-6-22(25(30)35-17-19-9-11-20(12-10-19)28(31)32)27-23(16-24(27)29)26(15-5-2)36(33,34)21-13-7-18(3)8-14-21/h4-5,7-14,22-23H,1-2,6,15-17H2,3H3. The van der Waals surface area contributed by atoms with Crippen molar-refractivity contribution in [2.75, 3.05) is 6.54 Å². The van der Waals surface area contributed by atoms with E-state index in [0.29, 0.717) is 5.56 Å². The van der Waals surface area contributed by atoms with E-state index in [0.717, 1.165) is 9.87 Å². The van der Waals surface area contributed by atoms with Crippen LogP contribution < -0.4 is 0 Å². The number of rotatable bonds is 12. The first kappa shape index (κ1) is 26.8. The van der Waals surface area contributed by atoms with Gasteiger partial charge in [-0.05, 0) is 43.2 Å². The predicted molar refractivity (Wildman–Crippen MR) is 132 cm³/mol. The molecule has 36 heavy (non-hydrogen) atoms. The Kier molecular flexibility index (Phi) is 8.38. The van der Waals surface area contributed by atoms with Gasteiger partial charge in [0, 0.05) is 18.7 Å². The third kappa shape index (κ3) is 5.69. The third-order valence-electron chi connectivity index (χ3n) is 5.76. The van der Waals surface area contributed by atoms with Crippen LogP contribution >= 0.6 is 0 Å². The van der Waals surface area contributed by atoms with Crippen LogP contribution in [-0.2, 0) is 31.0 Å². The monoisotopic (exact) mass is 513 g/mol. The second-order valence-electron chi connectivity index (χ2n) is 8.23. The van der Waals surface area contributed by atoms with Crippen LogP contribution in [0.5, 0.6) is 0 Å². The number of ether oxygens (including phenoxy) is 1. The lowest BCUT2D eigenvalue weighted by Gasteiger charge is -2.48. The highest BCUT2D eigenvalue weighted by Crippen LogP contribution is 2.32. The highest BCUT2D eigenvalue weighted by atomic mass is 32.2.